The highest BCUT2D eigenvalue weighted by Crippen LogP contribution is 2.30. The van der Waals surface area contributed by atoms with Gasteiger partial charge in [0.25, 0.3) is 5.91 Å². The number of ether oxygens (including phenoxy) is 1. The van der Waals surface area contributed by atoms with Crippen LogP contribution in [0, 0.1) is 0 Å². The van der Waals surface area contributed by atoms with Crippen molar-refractivity contribution in [2.24, 2.45) is 7.05 Å². The fraction of sp³-hybridized carbons (Fsp3) is 0.286. The molecule has 8 heteroatoms. The molecule has 1 atom stereocenters. The summed E-state index contributed by atoms with van der Waals surface area (Å²) in [6.45, 7) is 1.50. The molecule has 1 aromatic carbocycles. The zero-order chi connectivity index (χ0) is 16.3. The van der Waals surface area contributed by atoms with Crippen LogP contribution >= 0.6 is 0 Å². The highest BCUT2D eigenvalue weighted by atomic mass is 19.4. The third-order valence-corrected chi connectivity index (χ3v) is 2.85. The zero-order valence-corrected chi connectivity index (χ0v) is 11.9. The van der Waals surface area contributed by atoms with Gasteiger partial charge in [-0.2, -0.15) is 18.3 Å². The Balaban J connectivity index is 2.03. The van der Waals surface area contributed by atoms with Gasteiger partial charge in [-0.1, -0.05) is 18.2 Å². The molecular weight excluding hydrogens is 299 g/mol. The number of carbonyl (C=O) groups is 1. The Hall–Kier alpha value is -2.51. The van der Waals surface area contributed by atoms with E-state index in [9.17, 15) is 18.0 Å². The SMILES string of the molecule is CC(Oc1ccccc1)C(=O)Nc1cc(C(F)(F)F)n(C)n1. The topological polar surface area (TPSA) is 56.1 Å². The van der Waals surface area contributed by atoms with Crippen LogP contribution in [-0.2, 0) is 18.0 Å². The second-order valence-corrected chi connectivity index (χ2v) is 4.60. The minimum Gasteiger partial charge on any atom is -0.481 e. The summed E-state index contributed by atoms with van der Waals surface area (Å²) < 4.78 is 44.0. The Morgan fingerprint density at radius 3 is 2.50 bits per heavy atom. The first-order valence-electron chi connectivity index (χ1n) is 6.41. The number of anilines is 1. The Kier molecular flexibility index (Phi) is 4.39. The van der Waals surface area contributed by atoms with E-state index in [1.54, 1.807) is 30.3 Å². The molecule has 2 aromatic rings. The molecule has 0 saturated carbocycles. The van der Waals surface area contributed by atoms with Gasteiger partial charge in [0, 0.05) is 13.1 Å². The molecule has 0 aliphatic rings. The van der Waals surface area contributed by atoms with Gasteiger partial charge in [0.2, 0.25) is 0 Å². The number of hydrogen-bond donors (Lipinski definition) is 1. The molecule has 2 rings (SSSR count). The van der Waals surface area contributed by atoms with Crippen LogP contribution in [0.25, 0.3) is 0 Å². The lowest BCUT2D eigenvalue weighted by Crippen LogP contribution is -2.30. The average molecular weight is 313 g/mol. The average Bonchev–Trinajstić information content (AvgIpc) is 2.80. The third-order valence-electron chi connectivity index (χ3n) is 2.85. The highest BCUT2D eigenvalue weighted by molar-refractivity contribution is 5.93. The van der Waals surface area contributed by atoms with Crippen LogP contribution in [0.3, 0.4) is 0 Å². The normalized spacial score (nSPS) is 12.8. The number of hydrogen-bond acceptors (Lipinski definition) is 3. The first-order valence-corrected chi connectivity index (χ1v) is 6.41. The van der Waals surface area contributed by atoms with Gasteiger partial charge in [0.15, 0.2) is 11.9 Å². The predicted molar refractivity (Wildman–Crippen MR) is 73.4 cm³/mol. The summed E-state index contributed by atoms with van der Waals surface area (Å²) in [6, 6.07) is 9.40. The van der Waals surface area contributed by atoms with Gasteiger partial charge in [-0.3, -0.25) is 9.48 Å². The minimum absolute atomic E-state index is 0.177. The molecule has 1 heterocycles. The van der Waals surface area contributed by atoms with Crippen molar-refractivity contribution in [1.29, 1.82) is 0 Å². The molecule has 1 unspecified atom stereocenters. The van der Waals surface area contributed by atoms with E-state index in [0.717, 1.165) is 13.1 Å². The quantitative estimate of drug-likeness (QED) is 0.944. The maximum absolute atomic E-state index is 12.6. The molecule has 1 N–H and O–H groups in total. The lowest BCUT2D eigenvalue weighted by molar-refractivity contribution is -0.143. The largest absolute Gasteiger partial charge is 0.481 e. The van der Waals surface area contributed by atoms with E-state index in [2.05, 4.69) is 10.4 Å². The molecule has 118 valence electrons. The molecule has 0 bridgehead atoms. The van der Waals surface area contributed by atoms with E-state index in [-0.39, 0.29) is 5.82 Å². The number of para-hydroxylation sites is 1. The number of halogens is 3. The lowest BCUT2D eigenvalue weighted by atomic mass is 10.3. The summed E-state index contributed by atoms with van der Waals surface area (Å²) in [7, 11) is 1.16. The van der Waals surface area contributed by atoms with E-state index in [1.807, 2.05) is 0 Å². The van der Waals surface area contributed by atoms with Crippen molar-refractivity contribution in [1.82, 2.24) is 9.78 Å². The maximum Gasteiger partial charge on any atom is 0.433 e. The summed E-state index contributed by atoms with van der Waals surface area (Å²) >= 11 is 0. The number of carbonyl (C=O) groups excluding carboxylic acids is 1. The van der Waals surface area contributed by atoms with Crippen molar-refractivity contribution in [3.63, 3.8) is 0 Å². The van der Waals surface area contributed by atoms with Crippen LogP contribution in [0.4, 0.5) is 19.0 Å². The number of amides is 1. The van der Waals surface area contributed by atoms with Crippen LogP contribution in [0.15, 0.2) is 36.4 Å². The van der Waals surface area contributed by atoms with Crippen LogP contribution < -0.4 is 10.1 Å². The van der Waals surface area contributed by atoms with Crippen molar-refractivity contribution >= 4 is 11.7 Å². The Morgan fingerprint density at radius 1 is 1.32 bits per heavy atom. The Morgan fingerprint density at radius 2 is 1.95 bits per heavy atom. The minimum atomic E-state index is -4.53. The van der Waals surface area contributed by atoms with E-state index in [4.69, 9.17) is 4.74 Å². The molecule has 22 heavy (non-hydrogen) atoms. The fourth-order valence-corrected chi connectivity index (χ4v) is 1.78. The smallest absolute Gasteiger partial charge is 0.433 e. The van der Waals surface area contributed by atoms with Gasteiger partial charge in [0.1, 0.15) is 11.4 Å². The molecule has 5 nitrogen and oxygen atoms in total. The first-order chi connectivity index (χ1) is 10.3. The van der Waals surface area contributed by atoms with Gasteiger partial charge in [0.05, 0.1) is 0 Å². The molecule has 0 fully saturated rings. The van der Waals surface area contributed by atoms with Crippen molar-refractivity contribution in [2.75, 3.05) is 5.32 Å². The first kappa shape index (κ1) is 15.9. The monoisotopic (exact) mass is 313 g/mol. The third kappa shape index (κ3) is 3.78. The molecule has 0 aliphatic carbocycles. The molecule has 0 aliphatic heterocycles. The van der Waals surface area contributed by atoms with Gasteiger partial charge < -0.3 is 10.1 Å². The van der Waals surface area contributed by atoms with Crippen molar-refractivity contribution < 1.29 is 22.7 Å². The van der Waals surface area contributed by atoms with Gasteiger partial charge in [-0.05, 0) is 19.1 Å². The zero-order valence-electron chi connectivity index (χ0n) is 11.9. The maximum atomic E-state index is 12.6. The summed E-state index contributed by atoms with van der Waals surface area (Å²) in [5, 5.41) is 5.92. The summed E-state index contributed by atoms with van der Waals surface area (Å²) in [5.41, 5.74) is -0.945. The Labute approximate surface area is 124 Å². The van der Waals surface area contributed by atoms with E-state index in [1.165, 1.54) is 6.92 Å². The second-order valence-electron chi connectivity index (χ2n) is 4.60. The number of nitrogens with zero attached hydrogens (tertiary/aromatic N) is 2. The lowest BCUT2D eigenvalue weighted by Gasteiger charge is -2.13. The molecule has 0 saturated heterocycles. The highest BCUT2D eigenvalue weighted by Gasteiger charge is 2.35. The number of nitrogens with one attached hydrogen (secondary N) is 1. The van der Waals surface area contributed by atoms with Crippen molar-refractivity contribution in [2.45, 2.75) is 19.2 Å². The number of aryl methyl sites for hydroxylation is 1. The van der Waals surface area contributed by atoms with Crippen LogP contribution in [0.5, 0.6) is 5.75 Å². The number of alkyl halides is 3. The predicted octanol–water partition coefficient (Wildman–Crippen LogP) is 2.84. The van der Waals surface area contributed by atoms with Gasteiger partial charge in [-0.15, -0.1) is 0 Å². The summed E-state index contributed by atoms with van der Waals surface area (Å²) in [4.78, 5) is 11.9. The van der Waals surface area contributed by atoms with Gasteiger partial charge in [-0.25, -0.2) is 0 Å². The van der Waals surface area contributed by atoms with Crippen molar-refractivity contribution in [3.05, 3.63) is 42.1 Å². The fourth-order valence-electron chi connectivity index (χ4n) is 1.78. The molecule has 1 aromatic heterocycles. The van der Waals surface area contributed by atoms with Gasteiger partial charge >= 0.3 is 6.18 Å². The van der Waals surface area contributed by atoms with Crippen molar-refractivity contribution in [3.8, 4) is 5.75 Å². The molecule has 0 spiro atoms. The number of benzene rings is 1. The molecule has 1 amide bonds. The molecule has 0 radical (unpaired) electrons. The van der Waals surface area contributed by atoms with Crippen LogP contribution in [0.2, 0.25) is 0 Å². The number of rotatable bonds is 4. The van der Waals surface area contributed by atoms with E-state index in [0.29, 0.717) is 10.4 Å². The molecular formula is C14H14F3N3O2. The van der Waals surface area contributed by atoms with E-state index >= 15 is 0 Å². The Bertz CT molecular complexity index is 653. The summed E-state index contributed by atoms with van der Waals surface area (Å²) in [5.74, 6) is -0.277. The summed E-state index contributed by atoms with van der Waals surface area (Å²) in [6.07, 6.45) is -5.41. The number of aromatic nitrogens is 2. The van der Waals surface area contributed by atoms with E-state index < -0.39 is 23.9 Å². The van der Waals surface area contributed by atoms with Crippen LogP contribution in [-0.4, -0.2) is 21.8 Å². The second kappa shape index (κ2) is 6.08. The standard InChI is InChI=1S/C14H14F3N3O2/c1-9(22-10-6-4-3-5-7-10)13(21)18-12-8-11(14(15,16)17)20(2)19-12/h3-9H,1-2H3,(H,18,19,21). The van der Waals surface area contributed by atoms with Crippen LogP contribution in [0.1, 0.15) is 12.6 Å².